The van der Waals surface area contributed by atoms with Crippen LogP contribution in [0.25, 0.3) is 0 Å². The number of hydrogen-bond acceptors (Lipinski definition) is 1. The number of nitrogens with one attached hydrogen (secondary N) is 1. The molecule has 0 bridgehead atoms. The molecule has 0 radical (unpaired) electrons. The molecule has 0 aromatic heterocycles. The molecule has 0 heterocycles. The molecule has 0 aliphatic heterocycles. The van der Waals surface area contributed by atoms with Gasteiger partial charge in [-0.3, -0.25) is 4.79 Å². The summed E-state index contributed by atoms with van der Waals surface area (Å²) in [5.74, 6) is 0.203. The van der Waals surface area contributed by atoms with E-state index < -0.39 is 0 Å². The second-order valence-corrected chi connectivity index (χ2v) is 2.99. The average Bonchev–Trinajstić information content (AvgIpc) is 2.02. The Kier molecular flexibility index (Phi) is 4.16. The van der Waals surface area contributed by atoms with Crippen LogP contribution in [-0.2, 0) is 4.79 Å². The molecule has 1 aliphatic rings. The van der Waals surface area contributed by atoms with Gasteiger partial charge in [0.1, 0.15) is 0 Å². The normalized spacial score (nSPS) is 18.9. The summed E-state index contributed by atoms with van der Waals surface area (Å²) in [5, 5.41) is 2.67. The van der Waals surface area contributed by atoms with E-state index in [-0.39, 0.29) is 11.3 Å². The summed E-state index contributed by atoms with van der Waals surface area (Å²) >= 11 is 0. The van der Waals surface area contributed by atoms with Crippen LogP contribution in [0.3, 0.4) is 0 Å². The number of hydrogen-bond donors (Lipinski definition) is 1. The van der Waals surface area contributed by atoms with Gasteiger partial charge in [-0.05, 0) is 12.8 Å². The van der Waals surface area contributed by atoms with Crippen LogP contribution >= 0.6 is 0 Å². The van der Waals surface area contributed by atoms with E-state index in [2.05, 4.69) is 5.32 Å². The van der Waals surface area contributed by atoms with Gasteiger partial charge in [-0.1, -0.05) is 27.2 Å². The van der Waals surface area contributed by atoms with E-state index in [1.54, 1.807) is 7.05 Å². The highest BCUT2D eigenvalue weighted by molar-refractivity contribution is 5.82. The van der Waals surface area contributed by atoms with E-state index in [1.807, 2.05) is 20.8 Å². The van der Waals surface area contributed by atoms with Crippen molar-refractivity contribution in [3.8, 4) is 0 Å². The van der Waals surface area contributed by atoms with Crippen LogP contribution < -0.4 is 5.32 Å². The van der Waals surface area contributed by atoms with E-state index >= 15 is 0 Å². The molecule has 1 aliphatic carbocycles. The topological polar surface area (TPSA) is 29.1 Å². The van der Waals surface area contributed by atoms with Gasteiger partial charge < -0.3 is 5.32 Å². The fourth-order valence-corrected chi connectivity index (χ4v) is 1.24. The molecule has 2 heteroatoms. The molecule has 0 saturated heterocycles. The Balaban J connectivity index is 0.000000461. The standard InChI is InChI=1S/C7H13NO.C2H6/c1-7(4-3-5-7)6(9)8-2;1-2/h3-5H2,1-2H3,(H,8,9);1-2H3. The van der Waals surface area contributed by atoms with Crippen molar-refractivity contribution in [3.05, 3.63) is 0 Å². The van der Waals surface area contributed by atoms with Crippen molar-refractivity contribution in [3.63, 3.8) is 0 Å². The Bertz CT molecular complexity index is 128. The first-order valence-electron chi connectivity index (χ1n) is 4.41. The maximum Gasteiger partial charge on any atom is 0.225 e. The number of amides is 1. The summed E-state index contributed by atoms with van der Waals surface area (Å²) in [6.07, 6.45) is 3.34. The Morgan fingerprint density at radius 3 is 1.91 bits per heavy atom. The van der Waals surface area contributed by atoms with Crippen LogP contribution in [0.2, 0.25) is 0 Å². The maximum atomic E-state index is 11.0. The largest absolute Gasteiger partial charge is 0.359 e. The minimum absolute atomic E-state index is 0.0191. The number of rotatable bonds is 1. The van der Waals surface area contributed by atoms with Crippen molar-refractivity contribution in [1.29, 1.82) is 0 Å². The zero-order chi connectivity index (χ0) is 8.91. The van der Waals surface area contributed by atoms with Crippen molar-refractivity contribution < 1.29 is 4.79 Å². The molecule has 1 amide bonds. The Morgan fingerprint density at radius 2 is 1.82 bits per heavy atom. The van der Waals surface area contributed by atoms with Gasteiger partial charge in [-0.25, -0.2) is 0 Å². The molecule has 0 aromatic carbocycles. The zero-order valence-electron chi connectivity index (χ0n) is 8.03. The smallest absolute Gasteiger partial charge is 0.225 e. The van der Waals surface area contributed by atoms with Crippen molar-refractivity contribution >= 4 is 5.91 Å². The van der Waals surface area contributed by atoms with Crippen LogP contribution in [0.1, 0.15) is 40.0 Å². The third-order valence-electron chi connectivity index (χ3n) is 2.23. The van der Waals surface area contributed by atoms with Crippen molar-refractivity contribution in [2.24, 2.45) is 5.41 Å². The van der Waals surface area contributed by atoms with Gasteiger partial charge in [0.15, 0.2) is 0 Å². The zero-order valence-corrected chi connectivity index (χ0v) is 8.03. The number of carbonyl (C=O) groups excluding carboxylic acids is 1. The van der Waals surface area contributed by atoms with Crippen molar-refractivity contribution in [1.82, 2.24) is 5.32 Å². The molecule has 0 aromatic rings. The molecular weight excluding hydrogens is 138 g/mol. The molecule has 0 unspecified atom stereocenters. The van der Waals surface area contributed by atoms with Crippen LogP contribution in [0.5, 0.6) is 0 Å². The summed E-state index contributed by atoms with van der Waals surface area (Å²) in [5.41, 5.74) is -0.0191. The van der Waals surface area contributed by atoms with Gasteiger partial charge in [0, 0.05) is 12.5 Å². The Hall–Kier alpha value is -0.530. The molecule has 1 N–H and O–H groups in total. The van der Waals surface area contributed by atoms with Crippen LogP contribution in [0.4, 0.5) is 0 Å². The van der Waals surface area contributed by atoms with Gasteiger partial charge >= 0.3 is 0 Å². The van der Waals surface area contributed by atoms with Crippen LogP contribution in [-0.4, -0.2) is 13.0 Å². The lowest BCUT2D eigenvalue weighted by atomic mass is 9.70. The predicted octanol–water partition coefficient (Wildman–Crippen LogP) is 1.95. The first-order valence-corrected chi connectivity index (χ1v) is 4.41. The molecule has 1 fully saturated rings. The first-order chi connectivity index (χ1) is 5.19. The van der Waals surface area contributed by atoms with Gasteiger partial charge in [-0.15, -0.1) is 0 Å². The third kappa shape index (κ3) is 2.21. The van der Waals surface area contributed by atoms with Gasteiger partial charge in [0.2, 0.25) is 5.91 Å². The van der Waals surface area contributed by atoms with Crippen LogP contribution in [0.15, 0.2) is 0 Å². The molecular formula is C9H19NO. The lowest BCUT2D eigenvalue weighted by Crippen LogP contribution is -2.41. The maximum absolute atomic E-state index is 11.0. The highest BCUT2D eigenvalue weighted by Crippen LogP contribution is 2.40. The minimum Gasteiger partial charge on any atom is -0.359 e. The van der Waals surface area contributed by atoms with E-state index in [9.17, 15) is 4.79 Å². The molecule has 11 heavy (non-hydrogen) atoms. The lowest BCUT2D eigenvalue weighted by Gasteiger charge is -2.35. The highest BCUT2D eigenvalue weighted by Gasteiger charge is 2.38. The quantitative estimate of drug-likeness (QED) is 0.619. The third-order valence-corrected chi connectivity index (χ3v) is 2.23. The van der Waals surface area contributed by atoms with Gasteiger partial charge in [0.05, 0.1) is 0 Å². The summed E-state index contributed by atoms with van der Waals surface area (Å²) in [6, 6.07) is 0. The average molecular weight is 157 g/mol. The Morgan fingerprint density at radius 1 is 1.36 bits per heavy atom. The SMILES string of the molecule is CC.CNC(=O)C1(C)CCC1. The summed E-state index contributed by atoms with van der Waals surface area (Å²) in [7, 11) is 1.70. The summed E-state index contributed by atoms with van der Waals surface area (Å²) in [6.45, 7) is 6.02. The second kappa shape index (κ2) is 4.37. The van der Waals surface area contributed by atoms with E-state index in [0.717, 1.165) is 12.8 Å². The summed E-state index contributed by atoms with van der Waals surface area (Å²) in [4.78, 5) is 11.0. The molecule has 0 atom stereocenters. The monoisotopic (exact) mass is 157 g/mol. The first kappa shape index (κ1) is 10.5. The molecule has 1 rings (SSSR count). The minimum atomic E-state index is -0.0191. The molecule has 0 spiro atoms. The second-order valence-electron chi connectivity index (χ2n) is 2.99. The molecule has 66 valence electrons. The fraction of sp³-hybridized carbons (Fsp3) is 0.889. The van der Waals surface area contributed by atoms with E-state index in [1.165, 1.54) is 6.42 Å². The van der Waals surface area contributed by atoms with Gasteiger partial charge in [-0.2, -0.15) is 0 Å². The molecule has 1 saturated carbocycles. The van der Waals surface area contributed by atoms with E-state index in [0.29, 0.717) is 0 Å². The number of carbonyl (C=O) groups is 1. The predicted molar refractivity (Wildman–Crippen MR) is 47.4 cm³/mol. The molecule has 2 nitrogen and oxygen atoms in total. The van der Waals surface area contributed by atoms with Crippen molar-refractivity contribution in [2.45, 2.75) is 40.0 Å². The van der Waals surface area contributed by atoms with Crippen molar-refractivity contribution in [2.75, 3.05) is 7.05 Å². The Labute approximate surface area is 69.4 Å². The highest BCUT2D eigenvalue weighted by atomic mass is 16.2. The summed E-state index contributed by atoms with van der Waals surface area (Å²) < 4.78 is 0. The fourth-order valence-electron chi connectivity index (χ4n) is 1.24. The van der Waals surface area contributed by atoms with Gasteiger partial charge in [0.25, 0.3) is 0 Å². The lowest BCUT2D eigenvalue weighted by molar-refractivity contribution is -0.133. The van der Waals surface area contributed by atoms with Crippen LogP contribution in [0, 0.1) is 5.41 Å². The van der Waals surface area contributed by atoms with E-state index in [4.69, 9.17) is 0 Å².